The maximum atomic E-state index is 11.9. The van der Waals surface area contributed by atoms with Crippen LogP contribution in [-0.4, -0.2) is 25.2 Å². The van der Waals surface area contributed by atoms with Crippen LogP contribution in [0.4, 0.5) is 0 Å². The van der Waals surface area contributed by atoms with Crippen molar-refractivity contribution in [3.8, 4) is 5.75 Å². The van der Waals surface area contributed by atoms with Gasteiger partial charge in [-0.2, -0.15) is 0 Å². The maximum absolute atomic E-state index is 11.9. The van der Waals surface area contributed by atoms with Crippen LogP contribution in [0.25, 0.3) is 0 Å². The number of ether oxygens (including phenoxy) is 2. The highest BCUT2D eigenvalue weighted by molar-refractivity contribution is 5.85. The average molecular weight is 286 g/mol. The molecule has 0 fully saturated rings. The molecular weight excluding hydrogens is 266 g/mol. The van der Waals surface area contributed by atoms with Gasteiger partial charge in [0.25, 0.3) is 0 Å². The van der Waals surface area contributed by atoms with E-state index in [1.165, 1.54) is 5.56 Å². The number of hydrogen-bond donors (Lipinski definition) is 1. The van der Waals surface area contributed by atoms with Gasteiger partial charge in [-0.3, -0.25) is 4.79 Å². The summed E-state index contributed by atoms with van der Waals surface area (Å²) in [6, 6.07) is 5.89. The summed E-state index contributed by atoms with van der Waals surface area (Å²) in [5.74, 6) is 0.542. The molecular formula is C14H20ClNO3. The zero-order valence-electron chi connectivity index (χ0n) is 11.3. The normalized spacial score (nSPS) is 21.0. The lowest BCUT2D eigenvalue weighted by Crippen LogP contribution is -2.53. The number of hydrogen-bond acceptors (Lipinski definition) is 4. The largest absolute Gasteiger partial charge is 0.497 e. The first-order valence-electron chi connectivity index (χ1n) is 6.21. The van der Waals surface area contributed by atoms with Crippen molar-refractivity contribution in [3.05, 3.63) is 29.3 Å². The summed E-state index contributed by atoms with van der Waals surface area (Å²) in [7, 11) is 1.65. The Bertz CT molecular complexity index is 464. The minimum Gasteiger partial charge on any atom is -0.497 e. The van der Waals surface area contributed by atoms with Crippen LogP contribution < -0.4 is 10.5 Å². The molecule has 1 aliphatic carbocycles. The Balaban J connectivity index is 0.00000180. The molecule has 0 saturated heterocycles. The molecule has 1 unspecified atom stereocenters. The van der Waals surface area contributed by atoms with E-state index >= 15 is 0 Å². The van der Waals surface area contributed by atoms with E-state index in [1.54, 1.807) is 14.0 Å². The molecule has 0 aliphatic heterocycles. The van der Waals surface area contributed by atoms with Gasteiger partial charge in [0, 0.05) is 6.42 Å². The number of aryl methyl sites for hydroxylation is 1. The monoisotopic (exact) mass is 285 g/mol. The molecule has 0 heterocycles. The molecule has 1 atom stereocenters. The van der Waals surface area contributed by atoms with Crippen molar-refractivity contribution >= 4 is 18.4 Å². The number of halogens is 1. The van der Waals surface area contributed by atoms with Crippen molar-refractivity contribution in [2.24, 2.45) is 5.73 Å². The van der Waals surface area contributed by atoms with Gasteiger partial charge in [-0.05, 0) is 43.0 Å². The first-order valence-corrected chi connectivity index (χ1v) is 6.21. The number of fused-ring (bicyclic) bond motifs is 1. The average Bonchev–Trinajstić information content (AvgIpc) is 2.38. The number of carbonyl (C=O) groups is 1. The number of benzene rings is 1. The smallest absolute Gasteiger partial charge is 0.326 e. The second-order valence-electron chi connectivity index (χ2n) is 4.69. The fourth-order valence-electron chi connectivity index (χ4n) is 2.37. The van der Waals surface area contributed by atoms with Crippen molar-refractivity contribution in [1.29, 1.82) is 0 Å². The Morgan fingerprint density at radius 2 is 2.16 bits per heavy atom. The maximum Gasteiger partial charge on any atom is 0.326 e. The minimum atomic E-state index is -0.877. The van der Waals surface area contributed by atoms with Crippen LogP contribution in [0.3, 0.4) is 0 Å². The first kappa shape index (κ1) is 15.8. The lowest BCUT2D eigenvalue weighted by molar-refractivity contribution is -0.150. The third kappa shape index (κ3) is 3.19. The zero-order chi connectivity index (χ0) is 13.2. The molecule has 0 amide bonds. The van der Waals surface area contributed by atoms with Crippen molar-refractivity contribution in [2.45, 2.75) is 31.7 Å². The summed E-state index contributed by atoms with van der Waals surface area (Å²) in [6.45, 7) is 2.16. The molecule has 0 radical (unpaired) electrons. The van der Waals surface area contributed by atoms with Crippen molar-refractivity contribution in [1.82, 2.24) is 0 Å². The molecule has 0 spiro atoms. The lowest BCUT2D eigenvalue weighted by atomic mass is 9.78. The Labute approximate surface area is 119 Å². The van der Waals surface area contributed by atoms with E-state index < -0.39 is 5.54 Å². The number of rotatable bonds is 3. The SMILES string of the molecule is CCOC(=O)C1(N)CCc2cc(OC)ccc2C1.Cl. The molecule has 0 saturated carbocycles. The number of esters is 1. The Hall–Kier alpha value is -1.26. The topological polar surface area (TPSA) is 61.5 Å². The molecule has 2 rings (SSSR count). The van der Waals surface area contributed by atoms with E-state index in [0.29, 0.717) is 19.4 Å². The van der Waals surface area contributed by atoms with Gasteiger partial charge in [0.1, 0.15) is 11.3 Å². The van der Waals surface area contributed by atoms with Gasteiger partial charge in [0.15, 0.2) is 0 Å². The number of carbonyl (C=O) groups excluding carboxylic acids is 1. The number of methoxy groups -OCH3 is 1. The standard InChI is InChI=1S/C14H19NO3.ClH/c1-3-18-13(16)14(15)7-6-10-8-12(17-2)5-4-11(10)9-14;/h4-5,8H,3,6-7,9,15H2,1-2H3;1H. The Morgan fingerprint density at radius 3 is 2.79 bits per heavy atom. The highest BCUT2D eigenvalue weighted by Gasteiger charge is 2.38. The van der Waals surface area contributed by atoms with Crippen LogP contribution in [0.1, 0.15) is 24.5 Å². The molecule has 0 bridgehead atoms. The summed E-state index contributed by atoms with van der Waals surface area (Å²) >= 11 is 0. The quantitative estimate of drug-likeness (QED) is 0.861. The van der Waals surface area contributed by atoms with Gasteiger partial charge in [0.05, 0.1) is 13.7 Å². The van der Waals surface area contributed by atoms with Crippen molar-refractivity contribution < 1.29 is 14.3 Å². The van der Waals surface area contributed by atoms with Gasteiger partial charge in [-0.15, -0.1) is 12.4 Å². The number of nitrogens with two attached hydrogens (primary N) is 1. The van der Waals surface area contributed by atoms with Crippen molar-refractivity contribution in [2.75, 3.05) is 13.7 Å². The predicted molar refractivity (Wildman–Crippen MR) is 75.8 cm³/mol. The van der Waals surface area contributed by atoms with E-state index in [1.807, 2.05) is 18.2 Å². The summed E-state index contributed by atoms with van der Waals surface area (Å²) < 4.78 is 10.3. The highest BCUT2D eigenvalue weighted by atomic mass is 35.5. The minimum absolute atomic E-state index is 0. The lowest BCUT2D eigenvalue weighted by Gasteiger charge is -2.32. The van der Waals surface area contributed by atoms with Gasteiger partial charge in [0.2, 0.25) is 0 Å². The van der Waals surface area contributed by atoms with Crippen LogP contribution in [0.15, 0.2) is 18.2 Å². The molecule has 19 heavy (non-hydrogen) atoms. The molecule has 4 nitrogen and oxygen atoms in total. The molecule has 1 aliphatic rings. The molecule has 2 N–H and O–H groups in total. The second kappa shape index (κ2) is 6.26. The first-order chi connectivity index (χ1) is 8.59. The third-order valence-electron chi connectivity index (χ3n) is 3.44. The van der Waals surface area contributed by atoms with Crippen LogP contribution in [0.5, 0.6) is 5.75 Å². The van der Waals surface area contributed by atoms with E-state index in [0.717, 1.165) is 17.7 Å². The third-order valence-corrected chi connectivity index (χ3v) is 3.44. The molecule has 0 aromatic heterocycles. The van der Waals surface area contributed by atoms with Gasteiger partial charge in [-0.25, -0.2) is 0 Å². The fourth-order valence-corrected chi connectivity index (χ4v) is 2.37. The molecule has 1 aromatic rings. The molecule has 5 heteroatoms. The van der Waals surface area contributed by atoms with Crippen molar-refractivity contribution in [3.63, 3.8) is 0 Å². The summed E-state index contributed by atoms with van der Waals surface area (Å²) in [6.07, 6.45) is 1.93. The zero-order valence-corrected chi connectivity index (χ0v) is 12.1. The Morgan fingerprint density at radius 1 is 1.42 bits per heavy atom. The van der Waals surface area contributed by atoms with E-state index in [9.17, 15) is 4.79 Å². The molecule has 106 valence electrons. The van der Waals surface area contributed by atoms with Gasteiger partial charge < -0.3 is 15.2 Å². The van der Waals surface area contributed by atoms with E-state index in [2.05, 4.69) is 0 Å². The van der Waals surface area contributed by atoms with Crippen LogP contribution in [0.2, 0.25) is 0 Å². The van der Waals surface area contributed by atoms with Gasteiger partial charge in [-0.1, -0.05) is 6.07 Å². The highest BCUT2D eigenvalue weighted by Crippen LogP contribution is 2.30. The van der Waals surface area contributed by atoms with Crippen LogP contribution >= 0.6 is 12.4 Å². The summed E-state index contributed by atoms with van der Waals surface area (Å²) in [5, 5.41) is 0. The summed E-state index contributed by atoms with van der Waals surface area (Å²) in [4.78, 5) is 11.9. The summed E-state index contributed by atoms with van der Waals surface area (Å²) in [5.41, 5.74) is 7.61. The fraction of sp³-hybridized carbons (Fsp3) is 0.500. The van der Waals surface area contributed by atoms with E-state index in [4.69, 9.17) is 15.2 Å². The van der Waals surface area contributed by atoms with Crippen LogP contribution in [-0.2, 0) is 22.4 Å². The van der Waals surface area contributed by atoms with Gasteiger partial charge >= 0.3 is 5.97 Å². The predicted octanol–water partition coefficient (Wildman–Crippen LogP) is 1.87. The van der Waals surface area contributed by atoms with Crippen LogP contribution in [0, 0.1) is 0 Å². The Kier molecular flexibility index (Phi) is 5.20. The molecule has 1 aromatic carbocycles. The van der Waals surface area contributed by atoms with E-state index in [-0.39, 0.29) is 18.4 Å². The second-order valence-corrected chi connectivity index (χ2v) is 4.69.